The van der Waals surface area contributed by atoms with Crippen LogP contribution in [-0.4, -0.2) is 85.7 Å². The lowest BCUT2D eigenvalue weighted by atomic mass is 10.1. The monoisotopic (exact) mass is 294 g/mol. The average molecular weight is 294 g/mol. The van der Waals surface area contributed by atoms with E-state index in [2.05, 4.69) is 22.8 Å². The number of ether oxygens (including phenoxy) is 1. The molecular formula is C15H26N4O2. The molecule has 6 nitrogen and oxygen atoms in total. The van der Waals surface area contributed by atoms with Gasteiger partial charge >= 0.3 is 0 Å². The summed E-state index contributed by atoms with van der Waals surface area (Å²) in [5.41, 5.74) is 0. The van der Waals surface area contributed by atoms with Gasteiger partial charge in [0.1, 0.15) is 0 Å². The van der Waals surface area contributed by atoms with Gasteiger partial charge in [-0.3, -0.25) is 14.6 Å². The van der Waals surface area contributed by atoms with E-state index in [1.807, 2.05) is 4.90 Å². The van der Waals surface area contributed by atoms with E-state index in [1.54, 1.807) is 0 Å². The predicted molar refractivity (Wildman–Crippen MR) is 79.7 cm³/mol. The van der Waals surface area contributed by atoms with E-state index in [-0.39, 0.29) is 11.9 Å². The van der Waals surface area contributed by atoms with Gasteiger partial charge in [-0.05, 0) is 6.42 Å². The Morgan fingerprint density at radius 1 is 1.19 bits per heavy atom. The maximum absolute atomic E-state index is 12.2. The van der Waals surface area contributed by atoms with Crippen LogP contribution < -0.4 is 0 Å². The van der Waals surface area contributed by atoms with E-state index in [0.717, 1.165) is 39.0 Å². The van der Waals surface area contributed by atoms with Gasteiger partial charge in [0.15, 0.2) is 0 Å². The maximum atomic E-state index is 12.2. The van der Waals surface area contributed by atoms with Crippen LogP contribution in [0.25, 0.3) is 0 Å². The summed E-state index contributed by atoms with van der Waals surface area (Å²) in [5.74, 6) is 0.206. The minimum atomic E-state index is 0.0343. The predicted octanol–water partition coefficient (Wildman–Crippen LogP) is 0.155. The summed E-state index contributed by atoms with van der Waals surface area (Å²) in [5, 5.41) is 9.21. The Bertz CT molecular complexity index is 368. The van der Waals surface area contributed by atoms with Crippen LogP contribution in [0.4, 0.5) is 0 Å². The summed E-state index contributed by atoms with van der Waals surface area (Å²) in [6, 6.07) is 2.43. The second kappa shape index (κ2) is 8.32. The molecule has 2 saturated heterocycles. The second-order valence-electron chi connectivity index (χ2n) is 5.74. The van der Waals surface area contributed by atoms with E-state index in [0.29, 0.717) is 32.8 Å². The van der Waals surface area contributed by atoms with E-state index in [1.165, 1.54) is 0 Å². The number of nitrogens with zero attached hydrogens (tertiary/aromatic N) is 4. The van der Waals surface area contributed by atoms with Crippen molar-refractivity contribution < 1.29 is 9.53 Å². The summed E-state index contributed by atoms with van der Waals surface area (Å²) >= 11 is 0. The molecule has 0 bridgehead atoms. The van der Waals surface area contributed by atoms with Crippen molar-refractivity contribution in [2.45, 2.75) is 25.8 Å². The first-order valence-electron chi connectivity index (χ1n) is 7.96. The summed E-state index contributed by atoms with van der Waals surface area (Å²) in [7, 11) is 0. The number of morpholine rings is 1. The first-order chi connectivity index (χ1) is 10.2. The molecule has 0 spiro atoms. The molecule has 0 aromatic heterocycles. The number of nitriles is 1. The highest BCUT2D eigenvalue weighted by molar-refractivity contribution is 5.78. The SMILES string of the molecule is CCCC(C#N)N1CCN(CC(=O)N2CCOCC2)CC1. The average Bonchev–Trinajstić information content (AvgIpc) is 2.54. The number of carbonyl (C=O) groups is 1. The standard InChI is InChI=1S/C15H26N4O2/c1-2-3-14(12-16)18-6-4-17(5-7-18)13-15(20)19-8-10-21-11-9-19/h14H,2-11,13H2,1H3. The lowest BCUT2D eigenvalue weighted by Crippen LogP contribution is -2.53. The zero-order valence-corrected chi connectivity index (χ0v) is 13.0. The van der Waals surface area contributed by atoms with Crippen LogP contribution in [0, 0.1) is 11.3 Å². The Kier molecular flexibility index (Phi) is 6.43. The van der Waals surface area contributed by atoms with E-state index < -0.39 is 0 Å². The molecule has 1 atom stereocenters. The fraction of sp³-hybridized carbons (Fsp3) is 0.867. The molecule has 2 aliphatic heterocycles. The van der Waals surface area contributed by atoms with Crippen molar-refractivity contribution in [2.24, 2.45) is 0 Å². The zero-order chi connectivity index (χ0) is 15.1. The number of piperazine rings is 1. The van der Waals surface area contributed by atoms with Gasteiger partial charge in [-0.15, -0.1) is 0 Å². The molecule has 2 aliphatic rings. The van der Waals surface area contributed by atoms with Crippen LogP contribution in [0.1, 0.15) is 19.8 Å². The van der Waals surface area contributed by atoms with Crippen LogP contribution in [0.3, 0.4) is 0 Å². The lowest BCUT2D eigenvalue weighted by Gasteiger charge is -2.37. The Labute approximate surface area is 127 Å². The summed E-state index contributed by atoms with van der Waals surface area (Å²) in [6.07, 6.45) is 1.97. The zero-order valence-electron chi connectivity index (χ0n) is 13.0. The molecular weight excluding hydrogens is 268 g/mol. The number of rotatable bonds is 5. The molecule has 1 unspecified atom stereocenters. The Morgan fingerprint density at radius 2 is 1.86 bits per heavy atom. The molecule has 2 fully saturated rings. The minimum absolute atomic E-state index is 0.0343. The number of carbonyl (C=O) groups excluding carboxylic acids is 1. The molecule has 6 heteroatoms. The fourth-order valence-electron chi connectivity index (χ4n) is 2.94. The second-order valence-corrected chi connectivity index (χ2v) is 5.74. The molecule has 118 valence electrons. The van der Waals surface area contributed by atoms with Gasteiger partial charge in [0.2, 0.25) is 5.91 Å². The lowest BCUT2D eigenvalue weighted by molar-refractivity contribution is -0.136. The molecule has 0 aliphatic carbocycles. The third-order valence-electron chi connectivity index (χ3n) is 4.28. The smallest absolute Gasteiger partial charge is 0.236 e. The van der Waals surface area contributed by atoms with Crippen LogP contribution >= 0.6 is 0 Å². The third kappa shape index (κ3) is 4.67. The summed E-state index contributed by atoms with van der Waals surface area (Å²) in [6.45, 7) is 8.86. The van der Waals surface area contributed by atoms with Crippen molar-refractivity contribution in [2.75, 3.05) is 59.0 Å². The topological polar surface area (TPSA) is 59.8 Å². The number of hydrogen-bond acceptors (Lipinski definition) is 5. The maximum Gasteiger partial charge on any atom is 0.236 e. The third-order valence-corrected chi connectivity index (χ3v) is 4.28. The van der Waals surface area contributed by atoms with Crippen LogP contribution in [-0.2, 0) is 9.53 Å². The number of amides is 1. The summed E-state index contributed by atoms with van der Waals surface area (Å²) in [4.78, 5) is 18.5. The molecule has 0 aromatic rings. The number of hydrogen-bond donors (Lipinski definition) is 0. The van der Waals surface area contributed by atoms with Crippen molar-refractivity contribution in [3.63, 3.8) is 0 Å². The first kappa shape index (κ1) is 16.2. The molecule has 2 heterocycles. The van der Waals surface area contributed by atoms with Gasteiger partial charge in [0, 0.05) is 39.3 Å². The van der Waals surface area contributed by atoms with Crippen molar-refractivity contribution in [1.82, 2.24) is 14.7 Å². The van der Waals surface area contributed by atoms with E-state index in [4.69, 9.17) is 4.74 Å². The van der Waals surface area contributed by atoms with Crippen molar-refractivity contribution in [1.29, 1.82) is 5.26 Å². The highest BCUT2D eigenvalue weighted by Crippen LogP contribution is 2.11. The normalized spacial score (nSPS) is 22.8. The highest BCUT2D eigenvalue weighted by atomic mass is 16.5. The first-order valence-corrected chi connectivity index (χ1v) is 7.96. The summed E-state index contributed by atoms with van der Waals surface area (Å²) < 4.78 is 5.27. The molecule has 21 heavy (non-hydrogen) atoms. The largest absolute Gasteiger partial charge is 0.378 e. The highest BCUT2D eigenvalue weighted by Gasteiger charge is 2.25. The van der Waals surface area contributed by atoms with Gasteiger partial charge in [-0.25, -0.2) is 0 Å². The van der Waals surface area contributed by atoms with Gasteiger partial charge in [0.05, 0.1) is 31.9 Å². The van der Waals surface area contributed by atoms with Crippen molar-refractivity contribution in [3.8, 4) is 6.07 Å². The van der Waals surface area contributed by atoms with Gasteiger partial charge < -0.3 is 9.64 Å². The molecule has 1 amide bonds. The van der Waals surface area contributed by atoms with Crippen molar-refractivity contribution in [3.05, 3.63) is 0 Å². The Hall–Kier alpha value is -1.16. The van der Waals surface area contributed by atoms with Gasteiger partial charge in [-0.1, -0.05) is 13.3 Å². The molecule has 0 N–H and O–H groups in total. The van der Waals surface area contributed by atoms with Crippen LogP contribution in [0.5, 0.6) is 0 Å². The minimum Gasteiger partial charge on any atom is -0.378 e. The molecule has 0 radical (unpaired) electrons. The van der Waals surface area contributed by atoms with Crippen LogP contribution in [0.2, 0.25) is 0 Å². The van der Waals surface area contributed by atoms with Gasteiger partial charge in [0.25, 0.3) is 0 Å². The molecule has 0 aromatic carbocycles. The Balaban J connectivity index is 1.73. The Morgan fingerprint density at radius 3 is 2.43 bits per heavy atom. The van der Waals surface area contributed by atoms with Crippen LogP contribution in [0.15, 0.2) is 0 Å². The quantitative estimate of drug-likeness (QED) is 0.722. The van der Waals surface area contributed by atoms with E-state index >= 15 is 0 Å². The van der Waals surface area contributed by atoms with Crippen molar-refractivity contribution >= 4 is 5.91 Å². The fourth-order valence-corrected chi connectivity index (χ4v) is 2.94. The molecule has 2 rings (SSSR count). The van der Waals surface area contributed by atoms with Gasteiger partial charge in [-0.2, -0.15) is 5.26 Å². The van der Waals surface area contributed by atoms with E-state index in [9.17, 15) is 10.1 Å². The molecule has 0 saturated carbocycles.